The standard InChI is InChI=1S/C19H21NO4S2/c1-12-14(11-26(3)24)7-6-9-16(12)20-18(21)15-8-4-5-10-17(15)25-13(2)19(22)23/h4-10,13H,11H2,1-3H3,(H,20,21)(H,22,23). The minimum absolute atomic E-state index is 0.302. The molecular weight excluding hydrogens is 370 g/mol. The molecule has 0 aliphatic heterocycles. The van der Waals surface area contributed by atoms with Crippen LogP contribution in [0.3, 0.4) is 0 Å². The van der Waals surface area contributed by atoms with Crippen LogP contribution >= 0.6 is 11.8 Å². The van der Waals surface area contributed by atoms with E-state index in [1.54, 1.807) is 43.5 Å². The molecule has 0 saturated carbocycles. The SMILES string of the molecule is Cc1c(CS(C)=O)cccc1NC(=O)c1ccccc1SC(C)C(=O)O. The highest BCUT2D eigenvalue weighted by molar-refractivity contribution is 8.00. The fourth-order valence-electron chi connectivity index (χ4n) is 2.38. The molecule has 0 heterocycles. The van der Waals surface area contributed by atoms with Gasteiger partial charge in [0.15, 0.2) is 0 Å². The maximum absolute atomic E-state index is 12.7. The van der Waals surface area contributed by atoms with E-state index in [-0.39, 0.29) is 5.91 Å². The molecule has 0 aliphatic rings. The quantitative estimate of drug-likeness (QED) is 0.703. The molecule has 0 radical (unpaired) electrons. The number of anilines is 1. The number of benzene rings is 2. The third-order valence-electron chi connectivity index (χ3n) is 3.84. The Balaban J connectivity index is 2.26. The van der Waals surface area contributed by atoms with Crippen LogP contribution in [0.2, 0.25) is 0 Å². The number of aliphatic carboxylic acids is 1. The summed E-state index contributed by atoms with van der Waals surface area (Å²) < 4.78 is 11.5. The Morgan fingerprint density at radius 1 is 1.19 bits per heavy atom. The molecule has 7 heteroatoms. The molecule has 5 nitrogen and oxygen atoms in total. The van der Waals surface area contributed by atoms with E-state index >= 15 is 0 Å². The Morgan fingerprint density at radius 3 is 2.54 bits per heavy atom. The highest BCUT2D eigenvalue weighted by Crippen LogP contribution is 2.28. The zero-order chi connectivity index (χ0) is 19.3. The Bertz CT molecular complexity index is 851. The summed E-state index contributed by atoms with van der Waals surface area (Å²) >= 11 is 1.13. The lowest BCUT2D eigenvalue weighted by Crippen LogP contribution is -2.16. The molecule has 0 aromatic heterocycles. The number of carbonyl (C=O) groups is 2. The van der Waals surface area contributed by atoms with Gasteiger partial charge < -0.3 is 10.4 Å². The Morgan fingerprint density at radius 2 is 1.88 bits per heavy atom. The first-order valence-electron chi connectivity index (χ1n) is 7.98. The maximum Gasteiger partial charge on any atom is 0.316 e. The van der Waals surface area contributed by atoms with E-state index in [2.05, 4.69) is 5.32 Å². The molecule has 2 atom stereocenters. The van der Waals surface area contributed by atoms with Crippen molar-refractivity contribution in [2.45, 2.75) is 29.7 Å². The first-order chi connectivity index (χ1) is 12.3. The van der Waals surface area contributed by atoms with Crippen LogP contribution in [0.25, 0.3) is 0 Å². The van der Waals surface area contributed by atoms with Gasteiger partial charge in [-0.15, -0.1) is 11.8 Å². The first kappa shape index (κ1) is 20.2. The highest BCUT2D eigenvalue weighted by atomic mass is 32.2. The summed E-state index contributed by atoms with van der Waals surface area (Å²) in [6, 6.07) is 12.4. The zero-order valence-corrected chi connectivity index (χ0v) is 16.4. The van der Waals surface area contributed by atoms with Crippen LogP contribution in [0.1, 0.15) is 28.4 Å². The lowest BCUT2D eigenvalue weighted by molar-refractivity contribution is -0.136. The van der Waals surface area contributed by atoms with E-state index in [0.29, 0.717) is 21.9 Å². The molecule has 2 aromatic carbocycles. The first-order valence-corrected chi connectivity index (χ1v) is 10.6. The van der Waals surface area contributed by atoms with Gasteiger partial charge in [0.1, 0.15) is 5.25 Å². The molecule has 0 aliphatic carbocycles. The Hall–Kier alpha value is -2.12. The van der Waals surface area contributed by atoms with Crippen LogP contribution in [-0.2, 0) is 21.3 Å². The second-order valence-corrected chi connectivity index (χ2v) is 8.67. The van der Waals surface area contributed by atoms with Gasteiger partial charge in [-0.1, -0.05) is 24.3 Å². The minimum Gasteiger partial charge on any atom is -0.480 e. The number of carboxylic acid groups (broad SMARTS) is 1. The molecule has 0 spiro atoms. The molecule has 0 bridgehead atoms. The van der Waals surface area contributed by atoms with E-state index in [9.17, 15) is 13.8 Å². The molecule has 138 valence electrons. The van der Waals surface area contributed by atoms with Crippen molar-refractivity contribution in [3.63, 3.8) is 0 Å². The second kappa shape index (κ2) is 9.00. The van der Waals surface area contributed by atoms with Gasteiger partial charge >= 0.3 is 5.97 Å². The summed E-state index contributed by atoms with van der Waals surface area (Å²) in [7, 11) is -0.970. The fourth-order valence-corrected chi connectivity index (χ4v) is 4.06. The van der Waals surface area contributed by atoms with Crippen LogP contribution in [0, 0.1) is 6.92 Å². The van der Waals surface area contributed by atoms with E-state index < -0.39 is 22.0 Å². The van der Waals surface area contributed by atoms with Gasteiger partial charge in [-0.2, -0.15) is 0 Å². The summed E-state index contributed by atoms with van der Waals surface area (Å²) in [6.07, 6.45) is 1.64. The van der Waals surface area contributed by atoms with Crippen molar-refractivity contribution in [2.24, 2.45) is 0 Å². The zero-order valence-electron chi connectivity index (χ0n) is 14.8. The van der Waals surface area contributed by atoms with Crippen LogP contribution in [0.5, 0.6) is 0 Å². The van der Waals surface area contributed by atoms with Crippen LogP contribution < -0.4 is 5.32 Å². The molecule has 2 aromatic rings. The molecular formula is C19H21NO4S2. The topological polar surface area (TPSA) is 83.5 Å². The number of carboxylic acids is 1. The van der Waals surface area contributed by atoms with E-state index in [1.807, 2.05) is 19.1 Å². The predicted octanol–water partition coefficient (Wildman–Crippen LogP) is 3.69. The average molecular weight is 392 g/mol. The number of carbonyl (C=O) groups excluding carboxylic acids is 1. The average Bonchev–Trinajstić information content (AvgIpc) is 2.58. The van der Waals surface area contributed by atoms with Gasteiger partial charge in [-0.25, -0.2) is 0 Å². The second-order valence-electron chi connectivity index (χ2n) is 5.86. The summed E-state index contributed by atoms with van der Waals surface area (Å²) in [5, 5.41) is 11.3. The number of nitrogens with one attached hydrogen (secondary N) is 1. The van der Waals surface area contributed by atoms with Gasteiger partial charge in [0.25, 0.3) is 5.91 Å². The number of hydrogen-bond acceptors (Lipinski definition) is 4. The monoisotopic (exact) mass is 391 g/mol. The summed E-state index contributed by atoms with van der Waals surface area (Å²) in [5.74, 6) is -0.803. The van der Waals surface area contributed by atoms with Crippen molar-refractivity contribution in [1.82, 2.24) is 0 Å². The minimum atomic E-state index is -0.970. The molecule has 1 amide bonds. The molecule has 0 fully saturated rings. The van der Waals surface area contributed by atoms with Gasteiger partial charge in [0.2, 0.25) is 0 Å². The summed E-state index contributed by atoms with van der Waals surface area (Å²) in [6.45, 7) is 3.46. The normalized spacial score (nSPS) is 13.0. The number of hydrogen-bond donors (Lipinski definition) is 2. The Kier molecular flexibility index (Phi) is 6.99. The van der Waals surface area contributed by atoms with Crippen molar-refractivity contribution in [1.29, 1.82) is 0 Å². The molecule has 2 unspecified atom stereocenters. The lowest BCUT2D eigenvalue weighted by atomic mass is 10.1. The van der Waals surface area contributed by atoms with Crippen LogP contribution in [-0.4, -0.2) is 32.7 Å². The van der Waals surface area contributed by atoms with E-state index in [1.165, 1.54) is 0 Å². The summed E-state index contributed by atoms with van der Waals surface area (Å²) in [4.78, 5) is 24.5. The van der Waals surface area contributed by atoms with Crippen LogP contribution in [0.15, 0.2) is 47.4 Å². The Labute approximate surface area is 159 Å². The lowest BCUT2D eigenvalue weighted by Gasteiger charge is -2.14. The predicted molar refractivity (Wildman–Crippen MR) is 106 cm³/mol. The molecule has 26 heavy (non-hydrogen) atoms. The maximum atomic E-state index is 12.7. The van der Waals surface area contributed by atoms with Gasteiger partial charge in [-0.05, 0) is 43.2 Å². The van der Waals surface area contributed by atoms with Gasteiger partial charge in [0.05, 0.1) is 5.56 Å². The van der Waals surface area contributed by atoms with Crippen molar-refractivity contribution in [2.75, 3.05) is 11.6 Å². The van der Waals surface area contributed by atoms with Crippen molar-refractivity contribution < 1.29 is 18.9 Å². The summed E-state index contributed by atoms with van der Waals surface area (Å²) in [5.41, 5.74) is 2.88. The van der Waals surface area contributed by atoms with Crippen molar-refractivity contribution in [3.8, 4) is 0 Å². The van der Waals surface area contributed by atoms with Gasteiger partial charge in [-0.3, -0.25) is 13.8 Å². The van der Waals surface area contributed by atoms with Crippen molar-refractivity contribution >= 4 is 40.1 Å². The van der Waals surface area contributed by atoms with Crippen molar-refractivity contribution in [3.05, 3.63) is 59.2 Å². The number of rotatable bonds is 7. The number of amides is 1. The molecule has 2 N–H and O–H groups in total. The smallest absolute Gasteiger partial charge is 0.316 e. The van der Waals surface area contributed by atoms with Gasteiger partial charge in [0, 0.05) is 33.4 Å². The van der Waals surface area contributed by atoms with Crippen LogP contribution in [0.4, 0.5) is 5.69 Å². The molecule has 2 rings (SSSR count). The molecule has 0 saturated heterocycles. The third kappa shape index (κ3) is 5.19. The van der Waals surface area contributed by atoms with E-state index in [0.717, 1.165) is 22.9 Å². The highest BCUT2D eigenvalue weighted by Gasteiger charge is 2.18. The largest absolute Gasteiger partial charge is 0.480 e. The van der Waals surface area contributed by atoms with E-state index in [4.69, 9.17) is 5.11 Å². The fraction of sp³-hybridized carbons (Fsp3) is 0.263. The third-order valence-corrected chi connectivity index (χ3v) is 5.72. The number of thioether (sulfide) groups is 1.